The first-order valence-electron chi connectivity index (χ1n) is 5.79. The fraction of sp³-hybridized carbons (Fsp3) is 0.250. The average Bonchev–Trinajstić information content (AvgIpc) is 2.80. The first kappa shape index (κ1) is 11.5. The minimum atomic E-state index is -0.596. The van der Waals surface area contributed by atoms with Gasteiger partial charge in [0, 0.05) is 6.07 Å². The Morgan fingerprint density at radius 1 is 1.32 bits per heavy atom. The molecule has 0 fully saturated rings. The van der Waals surface area contributed by atoms with E-state index in [0.29, 0.717) is 30.4 Å². The molecule has 0 atom stereocenters. The Bertz CT molecular complexity index is 650. The number of aromatic nitrogens is 3. The van der Waals surface area contributed by atoms with Gasteiger partial charge in [0.15, 0.2) is 17.2 Å². The molecular formula is C12H12N4O3. The largest absolute Gasteiger partial charge is 0.486 e. The third-order valence-electron chi connectivity index (χ3n) is 2.90. The monoisotopic (exact) mass is 260 g/mol. The second-order valence-electron chi connectivity index (χ2n) is 4.13. The molecule has 0 unspecified atom stereocenters. The summed E-state index contributed by atoms with van der Waals surface area (Å²) < 4.78 is 12.5. The molecule has 0 radical (unpaired) electrons. The molecule has 2 heterocycles. The van der Waals surface area contributed by atoms with Crippen molar-refractivity contribution in [1.82, 2.24) is 15.0 Å². The molecule has 7 heteroatoms. The zero-order valence-electron chi connectivity index (χ0n) is 10.3. The second-order valence-corrected chi connectivity index (χ2v) is 4.13. The summed E-state index contributed by atoms with van der Waals surface area (Å²) in [5, 5.41) is 7.70. The molecule has 1 amide bonds. The quantitative estimate of drug-likeness (QED) is 0.846. The van der Waals surface area contributed by atoms with Gasteiger partial charge in [0.25, 0.3) is 5.91 Å². The standard InChI is InChI=1S/C12H12N4O3/c1-7-11(12(13)17)14-15-16(7)8-2-3-9-10(6-8)19-5-4-18-9/h2-3,6H,4-5H2,1H3,(H2,13,17). The highest BCUT2D eigenvalue weighted by Crippen LogP contribution is 2.32. The van der Waals surface area contributed by atoms with Crippen LogP contribution >= 0.6 is 0 Å². The predicted octanol–water partition coefficient (Wildman–Crippen LogP) is 0.446. The lowest BCUT2D eigenvalue weighted by molar-refractivity contribution is 0.0995. The number of fused-ring (bicyclic) bond motifs is 1. The van der Waals surface area contributed by atoms with Crippen LogP contribution in [0.1, 0.15) is 16.2 Å². The molecule has 0 aliphatic carbocycles. The highest BCUT2D eigenvalue weighted by molar-refractivity contribution is 5.91. The van der Waals surface area contributed by atoms with Gasteiger partial charge in [0.2, 0.25) is 0 Å². The highest BCUT2D eigenvalue weighted by Gasteiger charge is 2.17. The minimum Gasteiger partial charge on any atom is -0.486 e. The molecule has 2 aromatic rings. The van der Waals surface area contributed by atoms with Crippen molar-refractivity contribution in [2.45, 2.75) is 6.92 Å². The number of rotatable bonds is 2. The summed E-state index contributed by atoms with van der Waals surface area (Å²) in [6.45, 7) is 2.79. The van der Waals surface area contributed by atoms with E-state index in [4.69, 9.17) is 15.2 Å². The van der Waals surface area contributed by atoms with Gasteiger partial charge >= 0.3 is 0 Å². The Labute approximate surface area is 108 Å². The molecule has 98 valence electrons. The minimum absolute atomic E-state index is 0.162. The lowest BCUT2D eigenvalue weighted by atomic mass is 10.2. The number of hydrogen-bond donors (Lipinski definition) is 1. The smallest absolute Gasteiger partial charge is 0.271 e. The summed E-state index contributed by atoms with van der Waals surface area (Å²) in [4.78, 5) is 11.2. The molecule has 0 saturated carbocycles. The van der Waals surface area contributed by atoms with Crippen LogP contribution in [0.15, 0.2) is 18.2 Å². The van der Waals surface area contributed by atoms with Crippen molar-refractivity contribution < 1.29 is 14.3 Å². The molecule has 1 aromatic heterocycles. The van der Waals surface area contributed by atoms with Crippen molar-refractivity contribution in [1.29, 1.82) is 0 Å². The van der Waals surface area contributed by atoms with Crippen LogP contribution < -0.4 is 15.2 Å². The third kappa shape index (κ3) is 1.88. The molecular weight excluding hydrogens is 248 g/mol. The Morgan fingerprint density at radius 3 is 2.74 bits per heavy atom. The van der Waals surface area contributed by atoms with Crippen molar-refractivity contribution in [2.75, 3.05) is 13.2 Å². The van der Waals surface area contributed by atoms with Crippen molar-refractivity contribution in [3.05, 3.63) is 29.6 Å². The molecule has 7 nitrogen and oxygen atoms in total. The van der Waals surface area contributed by atoms with Crippen LogP contribution in [0.3, 0.4) is 0 Å². The number of nitrogens with two attached hydrogens (primary N) is 1. The van der Waals surface area contributed by atoms with Crippen LogP contribution in [-0.2, 0) is 0 Å². The van der Waals surface area contributed by atoms with Gasteiger partial charge in [-0.3, -0.25) is 4.79 Å². The van der Waals surface area contributed by atoms with E-state index in [1.54, 1.807) is 23.7 Å². The molecule has 19 heavy (non-hydrogen) atoms. The lowest BCUT2D eigenvalue weighted by Crippen LogP contribution is -2.16. The Balaban J connectivity index is 2.05. The van der Waals surface area contributed by atoms with Crippen LogP contribution in [0.4, 0.5) is 0 Å². The fourth-order valence-corrected chi connectivity index (χ4v) is 1.97. The Morgan fingerprint density at radius 2 is 2.05 bits per heavy atom. The average molecular weight is 260 g/mol. The normalized spacial score (nSPS) is 13.3. The maximum Gasteiger partial charge on any atom is 0.271 e. The van der Waals surface area contributed by atoms with Crippen LogP contribution in [0.2, 0.25) is 0 Å². The number of primary amides is 1. The van der Waals surface area contributed by atoms with E-state index >= 15 is 0 Å². The third-order valence-corrected chi connectivity index (χ3v) is 2.90. The van der Waals surface area contributed by atoms with Gasteiger partial charge < -0.3 is 15.2 Å². The van der Waals surface area contributed by atoms with Gasteiger partial charge in [-0.05, 0) is 19.1 Å². The molecule has 1 aliphatic rings. The molecule has 0 spiro atoms. The molecule has 0 saturated heterocycles. The first-order chi connectivity index (χ1) is 9.16. The number of ether oxygens (including phenoxy) is 2. The highest BCUT2D eigenvalue weighted by atomic mass is 16.6. The van der Waals surface area contributed by atoms with E-state index in [1.807, 2.05) is 6.07 Å². The van der Waals surface area contributed by atoms with Gasteiger partial charge in [0.05, 0.1) is 11.4 Å². The first-order valence-corrected chi connectivity index (χ1v) is 5.79. The van der Waals surface area contributed by atoms with Gasteiger partial charge in [-0.15, -0.1) is 5.10 Å². The van der Waals surface area contributed by atoms with E-state index in [1.165, 1.54) is 0 Å². The Hall–Kier alpha value is -2.57. The summed E-state index contributed by atoms with van der Waals surface area (Å²) in [5.74, 6) is 0.753. The Kier molecular flexibility index (Phi) is 2.59. The zero-order valence-corrected chi connectivity index (χ0v) is 10.3. The number of amides is 1. The summed E-state index contributed by atoms with van der Waals surface area (Å²) in [5.41, 5.74) is 6.70. The number of hydrogen-bond acceptors (Lipinski definition) is 5. The SMILES string of the molecule is Cc1c(C(N)=O)nnn1-c1ccc2c(c1)OCCO2. The van der Waals surface area contributed by atoms with E-state index in [2.05, 4.69) is 10.3 Å². The maximum atomic E-state index is 11.2. The van der Waals surface area contributed by atoms with Crippen LogP contribution in [-0.4, -0.2) is 34.1 Å². The topological polar surface area (TPSA) is 92.3 Å². The van der Waals surface area contributed by atoms with E-state index in [0.717, 1.165) is 5.69 Å². The molecule has 2 N–H and O–H groups in total. The number of nitrogens with zero attached hydrogens (tertiary/aromatic N) is 3. The van der Waals surface area contributed by atoms with E-state index < -0.39 is 5.91 Å². The number of benzene rings is 1. The maximum absolute atomic E-state index is 11.2. The van der Waals surface area contributed by atoms with Crippen LogP contribution in [0.5, 0.6) is 11.5 Å². The molecule has 0 bridgehead atoms. The van der Waals surface area contributed by atoms with Gasteiger partial charge in [-0.2, -0.15) is 0 Å². The van der Waals surface area contributed by atoms with Crippen LogP contribution in [0.25, 0.3) is 5.69 Å². The van der Waals surface area contributed by atoms with E-state index in [9.17, 15) is 4.79 Å². The summed E-state index contributed by atoms with van der Waals surface area (Å²) >= 11 is 0. The second kappa shape index (κ2) is 4.27. The lowest BCUT2D eigenvalue weighted by Gasteiger charge is -2.18. The molecule has 1 aliphatic heterocycles. The van der Waals surface area contributed by atoms with Crippen molar-refractivity contribution >= 4 is 5.91 Å². The van der Waals surface area contributed by atoms with Gasteiger partial charge in [0.1, 0.15) is 13.2 Å². The summed E-state index contributed by atoms with van der Waals surface area (Å²) in [7, 11) is 0. The zero-order chi connectivity index (χ0) is 13.4. The van der Waals surface area contributed by atoms with Crippen molar-refractivity contribution in [3.8, 4) is 17.2 Å². The predicted molar refractivity (Wildman–Crippen MR) is 65.6 cm³/mol. The van der Waals surface area contributed by atoms with E-state index in [-0.39, 0.29) is 5.69 Å². The number of carbonyl (C=O) groups excluding carboxylic acids is 1. The van der Waals surface area contributed by atoms with Crippen molar-refractivity contribution in [2.24, 2.45) is 5.73 Å². The fourth-order valence-electron chi connectivity index (χ4n) is 1.97. The van der Waals surface area contributed by atoms with Gasteiger partial charge in [-0.1, -0.05) is 5.21 Å². The van der Waals surface area contributed by atoms with Crippen molar-refractivity contribution in [3.63, 3.8) is 0 Å². The molecule has 1 aromatic carbocycles. The summed E-state index contributed by atoms with van der Waals surface area (Å²) in [6.07, 6.45) is 0. The van der Waals surface area contributed by atoms with Crippen LogP contribution in [0, 0.1) is 6.92 Å². The summed E-state index contributed by atoms with van der Waals surface area (Å²) in [6, 6.07) is 5.41. The number of carbonyl (C=O) groups is 1. The van der Waals surface area contributed by atoms with Gasteiger partial charge in [-0.25, -0.2) is 4.68 Å². The molecule has 3 rings (SSSR count).